The molecule has 8 heteroatoms. The summed E-state index contributed by atoms with van der Waals surface area (Å²) >= 11 is 0. The van der Waals surface area contributed by atoms with E-state index in [2.05, 4.69) is 19.7 Å². The second kappa shape index (κ2) is 6.59. The molecule has 7 nitrogen and oxygen atoms in total. The summed E-state index contributed by atoms with van der Waals surface area (Å²) < 4.78 is 32.2. The summed E-state index contributed by atoms with van der Waals surface area (Å²) in [6, 6.07) is 12.5. The summed E-state index contributed by atoms with van der Waals surface area (Å²) in [7, 11) is -3.61. The molecule has 2 heterocycles. The van der Waals surface area contributed by atoms with Crippen LogP contribution in [0.15, 0.2) is 66.2 Å². The molecule has 2 aromatic heterocycles. The number of nitrogens with one attached hydrogen (secondary N) is 2. The van der Waals surface area contributed by atoms with E-state index in [1.165, 1.54) is 12.5 Å². The Morgan fingerprint density at radius 3 is 2.83 bits per heavy atom. The average Bonchev–Trinajstić information content (AvgIpc) is 3.10. The standard InChI is InChI=1S/C15H14N4O3S/c20-23(21,15-10-16-11-18-15)19-9-12-4-3-5-13(8-12)22-14-6-1-2-7-17-14/h1-8,10-11,19H,9H2,(H,16,18). The van der Waals surface area contributed by atoms with Crippen molar-refractivity contribution < 1.29 is 13.2 Å². The van der Waals surface area contributed by atoms with Gasteiger partial charge in [-0.1, -0.05) is 18.2 Å². The molecule has 0 radical (unpaired) electrons. The quantitative estimate of drug-likeness (QED) is 0.721. The zero-order valence-corrected chi connectivity index (χ0v) is 12.8. The van der Waals surface area contributed by atoms with Crippen molar-refractivity contribution in [2.75, 3.05) is 0 Å². The lowest BCUT2D eigenvalue weighted by atomic mass is 10.2. The minimum Gasteiger partial charge on any atom is -0.439 e. The van der Waals surface area contributed by atoms with E-state index in [0.717, 1.165) is 5.56 Å². The number of imidazole rings is 1. The summed E-state index contributed by atoms with van der Waals surface area (Å²) in [4.78, 5) is 10.3. The van der Waals surface area contributed by atoms with Gasteiger partial charge in [0.15, 0.2) is 5.03 Å². The number of aromatic amines is 1. The van der Waals surface area contributed by atoms with E-state index < -0.39 is 10.0 Å². The minimum absolute atomic E-state index is 0.0263. The summed E-state index contributed by atoms with van der Waals surface area (Å²) in [5.74, 6) is 1.06. The number of nitrogens with zero attached hydrogens (tertiary/aromatic N) is 2. The minimum atomic E-state index is -3.61. The first-order valence-electron chi connectivity index (χ1n) is 6.79. The Morgan fingerprint density at radius 1 is 1.17 bits per heavy atom. The highest BCUT2D eigenvalue weighted by molar-refractivity contribution is 7.89. The zero-order valence-electron chi connectivity index (χ0n) is 12.0. The Balaban J connectivity index is 1.68. The van der Waals surface area contributed by atoms with Crippen LogP contribution in [-0.4, -0.2) is 23.4 Å². The van der Waals surface area contributed by atoms with Gasteiger partial charge in [0.1, 0.15) is 5.75 Å². The van der Waals surface area contributed by atoms with Crippen LogP contribution in [0.2, 0.25) is 0 Å². The number of H-pyrrole nitrogens is 1. The van der Waals surface area contributed by atoms with Gasteiger partial charge in [-0.15, -0.1) is 0 Å². The zero-order chi connectivity index (χ0) is 16.1. The summed E-state index contributed by atoms with van der Waals surface area (Å²) in [5, 5.41) is 0.0263. The predicted octanol–water partition coefficient (Wildman–Crippen LogP) is 2.08. The fraction of sp³-hybridized carbons (Fsp3) is 0.0667. The molecular formula is C15H14N4O3S. The number of aromatic nitrogens is 3. The smallest absolute Gasteiger partial charge is 0.257 e. The molecule has 2 N–H and O–H groups in total. The normalized spacial score (nSPS) is 11.3. The Bertz CT molecular complexity index is 865. The van der Waals surface area contributed by atoms with E-state index in [4.69, 9.17) is 4.74 Å². The molecule has 0 aliphatic heterocycles. The van der Waals surface area contributed by atoms with Crippen LogP contribution in [0.5, 0.6) is 11.6 Å². The van der Waals surface area contributed by atoms with E-state index in [9.17, 15) is 8.42 Å². The number of benzene rings is 1. The number of hydrogen-bond acceptors (Lipinski definition) is 5. The van der Waals surface area contributed by atoms with Gasteiger partial charge < -0.3 is 9.72 Å². The highest BCUT2D eigenvalue weighted by Gasteiger charge is 2.14. The highest BCUT2D eigenvalue weighted by Crippen LogP contribution is 2.20. The largest absolute Gasteiger partial charge is 0.439 e. The summed E-state index contributed by atoms with van der Waals surface area (Å²) in [6.07, 6.45) is 4.20. The van der Waals surface area contributed by atoms with Gasteiger partial charge in [0.25, 0.3) is 10.0 Å². The molecular weight excluding hydrogens is 316 g/mol. The summed E-state index contributed by atoms with van der Waals surface area (Å²) in [5.41, 5.74) is 0.765. The topological polar surface area (TPSA) is 97.0 Å². The maximum atomic E-state index is 12.0. The third kappa shape index (κ3) is 3.93. The molecule has 0 aliphatic rings. The van der Waals surface area contributed by atoms with Crippen LogP contribution < -0.4 is 9.46 Å². The molecule has 23 heavy (non-hydrogen) atoms. The van der Waals surface area contributed by atoms with Gasteiger partial charge in [-0.25, -0.2) is 23.1 Å². The molecule has 0 saturated carbocycles. The third-order valence-corrected chi connectivity index (χ3v) is 4.31. The first-order chi connectivity index (χ1) is 11.1. The lowest BCUT2D eigenvalue weighted by molar-refractivity contribution is 0.462. The first kappa shape index (κ1) is 15.2. The van der Waals surface area contributed by atoms with E-state index in [-0.39, 0.29) is 11.6 Å². The van der Waals surface area contributed by atoms with Gasteiger partial charge >= 0.3 is 0 Å². The van der Waals surface area contributed by atoms with E-state index in [1.807, 2.05) is 6.07 Å². The monoisotopic (exact) mass is 330 g/mol. The van der Waals surface area contributed by atoms with Crippen molar-refractivity contribution in [1.29, 1.82) is 0 Å². The Morgan fingerprint density at radius 2 is 2.09 bits per heavy atom. The first-order valence-corrected chi connectivity index (χ1v) is 8.28. The van der Waals surface area contributed by atoms with Crippen LogP contribution in [0.3, 0.4) is 0 Å². The van der Waals surface area contributed by atoms with Crippen molar-refractivity contribution in [3.63, 3.8) is 0 Å². The van der Waals surface area contributed by atoms with Crippen LogP contribution in [0.1, 0.15) is 5.56 Å². The van der Waals surface area contributed by atoms with Crippen molar-refractivity contribution >= 4 is 10.0 Å². The van der Waals surface area contributed by atoms with Gasteiger partial charge in [-0.2, -0.15) is 0 Å². The maximum absolute atomic E-state index is 12.0. The molecule has 118 valence electrons. The van der Waals surface area contributed by atoms with Crippen molar-refractivity contribution in [2.24, 2.45) is 0 Å². The fourth-order valence-electron chi connectivity index (χ4n) is 1.89. The van der Waals surface area contributed by atoms with E-state index in [1.54, 1.807) is 42.6 Å². The number of pyridine rings is 1. The molecule has 0 saturated heterocycles. The van der Waals surface area contributed by atoms with Gasteiger partial charge in [0, 0.05) is 18.8 Å². The summed E-state index contributed by atoms with van der Waals surface area (Å²) in [6.45, 7) is 0.140. The Kier molecular flexibility index (Phi) is 4.35. The molecule has 3 rings (SSSR count). The number of ether oxygens (including phenoxy) is 1. The Hall–Kier alpha value is -2.71. The molecule has 0 aliphatic carbocycles. The van der Waals surface area contributed by atoms with Crippen LogP contribution >= 0.6 is 0 Å². The van der Waals surface area contributed by atoms with Gasteiger partial charge in [-0.05, 0) is 23.8 Å². The molecule has 0 amide bonds. The van der Waals surface area contributed by atoms with E-state index >= 15 is 0 Å². The molecule has 3 aromatic rings. The molecule has 0 bridgehead atoms. The lowest BCUT2D eigenvalue weighted by Gasteiger charge is -2.08. The average molecular weight is 330 g/mol. The molecule has 0 atom stereocenters. The van der Waals surface area contributed by atoms with Gasteiger partial charge in [-0.3, -0.25) is 0 Å². The third-order valence-electron chi connectivity index (χ3n) is 2.99. The van der Waals surface area contributed by atoms with Crippen LogP contribution in [0.25, 0.3) is 0 Å². The molecule has 0 fully saturated rings. The maximum Gasteiger partial charge on any atom is 0.257 e. The van der Waals surface area contributed by atoms with Gasteiger partial charge in [0.05, 0.1) is 12.5 Å². The van der Waals surface area contributed by atoms with E-state index in [0.29, 0.717) is 11.6 Å². The lowest BCUT2D eigenvalue weighted by Crippen LogP contribution is -2.23. The highest BCUT2D eigenvalue weighted by atomic mass is 32.2. The predicted molar refractivity (Wildman–Crippen MR) is 83.4 cm³/mol. The second-order valence-corrected chi connectivity index (χ2v) is 6.39. The SMILES string of the molecule is O=S(=O)(NCc1cccc(Oc2ccccn2)c1)c1cnc[nH]1. The van der Waals surface area contributed by atoms with Crippen molar-refractivity contribution in [3.05, 3.63) is 66.7 Å². The van der Waals surface area contributed by atoms with Crippen LogP contribution in [0, 0.1) is 0 Å². The Labute approximate surface area is 133 Å². The number of hydrogen-bond donors (Lipinski definition) is 2. The molecule has 0 spiro atoms. The van der Waals surface area contributed by atoms with Crippen LogP contribution in [0.4, 0.5) is 0 Å². The number of rotatable bonds is 6. The molecule has 0 unspecified atom stereocenters. The van der Waals surface area contributed by atoms with Crippen molar-refractivity contribution in [2.45, 2.75) is 11.6 Å². The molecule has 1 aromatic carbocycles. The number of sulfonamides is 1. The van der Waals surface area contributed by atoms with Gasteiger partial charge in [0.2, 0.25) is 5.88 Å². The van der Waals surface area contributed by atoms with Crippen molar-refractivity contribution in [3.8, 4) is 11.6 Å². The van der Waals surface area contributed by atoms with Crippen molar-refractivity contribution in [1.82, 2.24) is 19.7 Å². The fourth-order valence-corrected chi connectivity index (χ4v) is 2.81. The second-order valence-electron chi connectivity index (χ2n) is 4.66. The van der Waals surface area contributed by atoms with Crippen LogP contribution in [-0.2, 0) is 16.6 Å².